The first kappa shape index (κ1) is 30.3. The van der Waals surface area contributed by atoms with Gasteiger partial charge in [0, 0.05) is 17.2 Å². The molecular formula is C33H23F9O. The van der Waals surface area contributed by atoms with Gasteiger partial charge in [0.05, 0.1) is 0 Å². The molecule has 5 rings (SSSR count). The van der Waals surface area contributed by atoms with Gasteiger partial charge in [0.1, 0.15) is 34.6 Å². The second-order valence-electron chi connectivity index (χ2n) is 10.4. The highest BCUT2D eigenvalue weighted by molar-refractivity contribution is 5.72. The standard InChI is InChI=1S/C33H23F9O/c1-2-17-3-5-18(6-4-17)20-12-27(36)31(28(37)13-20)33(41,42)43-22-8-10-23(26(35)16-22)19-7-9-24(25(34)11-19)21-14-29(38)32(40)30(39)15-21/h2,7-18H,1,3-6H2. The van der Waals surface area contributed by atoms with Gasteiger partial charge in [-0.05, 0) is 96.7 Å². The van der Waals surface area contributed by atoms with Crippen LogP contribution in [0.1, 0.15) is 42.7 Å². The number of rotatable bonds is 7. The highest BCUT2D eigenvalue weighted by Gasteiger charge is 2.41. The summed E-state index contributed by atoms with van der Waals surface area (Å²) >= 11 is 0. The Labute approximate surface area is 241 Å². The van der Waals surface area contributed by atoms with E-state index in [1.165, 1.54) is 6.07 Å². The van der Waals surface area contributed by atoms with Crippen molar-refractivity contribution >= 4 is 0 Å². The van der Waals surface area contributed by atoms with Crippen molar-refractivity contribution in [3.63, 3.8) is 0 Å². The van der Waals surface area contributed by atoms with E-state index in [-0.39, 0.29) is 33.7 Å². The molecule has 0 heterocycles. The number of benzene rings is 4. The summed E-state index contributed by atoms with van der Waals surface area (Å²) in [4.78, 5) is 0. The molecule has 1 aliphatic rings. The Morgan fingerprint density at radius 2 is 1.16 bits per heavy atom. The Morgan fingerprint density at radius 3 is 1.72 bits per heavy atom. The van der Waals surface area contributed by atoms with Gasteiger partial charge in [0.15, 0.2) is 17.5 Å². The van der Waals surface area contributed by atoms with Crippen LogP contribution in [0.15, 0.2) is 73.3 Å². The molecule has 1 saturated carbocycles. The van der Waals surface area contributed by atoms with E-state index in [1.54, 1.807) is 0 Å². The van der Waals surface area contributed by atoms with Gasteiger partial charge in [-0.2, -0.15) is 8.78 Å². The van der Waals surface area contributed by atoms with Gasteiger partial charge in [0.25, 0.3) is 0 Å². The molecule has 0 spiro atoms. The van der Waals surface area contributed by atoms with Crippen molar-refractivity contribution in [2.24, 2.45) is 5.92 Å². The minimum absolute atomic E-state index is 0.0742. The van der Waals surface area contributed by atoms with Crippen molar-refractivity contribution < 1.29 is 44.3 Å². The van der Waals surface area contributed by atoms with Crippen LogP contribution in [-0.2, 0) is 6.11 Å². The van der Waals surface area contributed by atoms with Crippen LogP contribution in [0, 0.1) is 46.6 Å². The molecule has 0 radical (unpaired) electrons. The minimum atomic E-state index is -4.51. The Hall–Kier alpha value is -4.21. The zero-order valence-corrected chi connectivity index (χ0v) is 22.4. The molecule has 0 bridgehead atoms. The van der Waals surface area contributed by atoms with Crippen molar-refractivity contribution in [2.45, 2.75) is 37.7 Å². The third kappa shape index (κ3) is 6.14. The normalized spacial score (nSPS) is 17.1. The average molecular weight is 607 g/mol. The summed E-state index contributed by atoms with van der Waals surface area (Å²) in [5, 5.41) is 0. The second-order valence-corrected chi connectivity index (χ2v) is 10.4. The predicted octanol–water partition coefficient (Wildman–Crippen LogP) is 10.6. The Morgan fingerprint density at radius 1 is 0.628 bits per heavy atom. The first-order chi connectivity index (χ1) is 20.4. The Kier molecular flexibility index (Phi) is 8.31. The van der Waals surface area contributed by atoms with Crippen LogP contribution in [0.25, 0.3) is 22.3 Å². The lowest BCUT2D eigenvalue weighted by atomic mass is 9.78. The Bertz CT molecular complexity index is 1640. The SMILES string of the molecule is C=CC1CCC(c2cc(F)c(C(F)(F)Oc3ccc(-c4ccc(-c5cc(F)c(F)c(F)c5)c(F)c4)c(F)c3)c(F)c2)CC1. The van der Waals surface area contributed by atoms with Gasteiger partial charge >= 0.3 is 6.11 Å². The van der Waals surface area contributed by atoms with Gasteiger partial charge in [-0.1, -0.05) is 18.2 Å². The van der Waals surface area contributed by atoms with Gasteiger partial charge in [-0.15, -0.1) is 6.58 Å². The Balaban J connectivity index is 1.36. The number of ether oxygens (including phenoxy) is 1. The molecular weight excluding hydrogens is 583 g/mol. The maximum absolute atomic E-state index is 15.0. The van der Waals surface area contributed by atoms with Gasteiger partial charge in [-0.25, -0.2) is 30.7 Å². The molecule has 0 aliphatic heterocycles. The van der Waals surface area contributed by atoms with Crippen molar-refractivity contribution in [1.29, 1.82) is 0 Å². The number of hydrogen-bond donors (Lipinski definition) is 0. The fourth-order valence-corrected chi connectivity index (χ4v) is 5.41. The van der Waals surface area contributed by atoms with E-state index in [2.05, 4.69) is 11.3 Å². The third-order valence-corrected chi connectivity index (χ3v) is 7.69. The summed E-state index contributed by atoms with van der Waals surface area (Å²) in [5.74, 6) is -10.6. The lowest BCUT2D eigenvalue weighted by Gasteiger charge is -2.27. The summed E-state index contributed by atoms with van der Waals surface area (Å²) in [6.07, 6.45) is 0.113. The van der Waals surface area contributed by atoms with E-state index < -0.39 is 58.1 Å². The van der Waals surface area contributed by atoms with Crippen LogP contribution >= 0.6 is 0 Å². The van der Waals surface area contributed by atoms with Crippen molar-refractivity contribution in [3.8, 4) is 28.0 Å². The molecule has 10 heteroatoms. The predicted molar refractivity (Wildman–Crippen MR) is 143 cm³/mol. The van der Waals surface area contributed by atoms with E-state index >= 15 is 0 Å². The monoisotopic (exact) mass is 606 g/mol. The molecule has 43 heavy (non-hydrogen) atoms. The number of allylic oxidation sites excluding steroid dienone is 1. The topological polar surface area (TPSA) is 9.23 Å². The van der Waals surface area contributed by atoms with Crippen LogP contribution in [0.3, 0.4) is 0 Å². The molecule has 1 fully saturated rings. The average Bonchev–Trinajstić information content (AvgIpc) is 2.95. The van der Waals surface area contributed by atoms with Crippen molar-refractivity contribution in [3.05, 3.63) is 125 Å². The summed E-state index contributed by atoms with van der Waals surface area (Å²) < 4.78 is 134. The minimum Gasteiger partial charge on any atom is -0.429 e. The lowest BCUT2D eigenvalue weighted by molar-refractivity contribution is -0.189. The van der Waals surface area contributed by atoms with Crippen LogP contribution < -0.4 is 4.74 Å². The van der Waals surface area contributed by atoms with E-state index in [0.29, 0.717) is 37.0 Å². The number of hydrogen-bond acceptors (Lipinski definition) is 1. The molecule has 0 atom stereocenters. The molecule has 0 aromatic heterocycles. The van der Waals surface area contributed by atoms with Crippen LogP contribution in [-0.4, -0.2) is 0 Å². The fourth-order valence-electron chi connectivity index (χ4n) is 5.41. The molecule has 224 valence electrons. The maximum atomic E-state index is 15.0. The maximum Gasteiger partial charge on any atom is 0.432 e. The number of halogens is 9. The quantitative estimate of drug-likeness (QED) is 0.116. The molecule has 0 amide bonds. The molecule has 1 nitrogen and oxygen atoms in total. The zero-order valence-electron chi connectivity index (χ0n) is 22.4. The fraction of sp³-hybridized carbons (Fsp3) is 0.212. The molecule has 0 N–H and O–H groups in total. The van der Waals surface area contributed by atoms with Crippen molar-refractivity contribution in [1.82, 2.24) is 0 Å². The summed E-state index contributed by atoms with van der Waals surface area (Å²) in [6, 6.07) is 8.47. The van der Waals surface area contributed by atoms with Gasteiger partial charge in [-0.3, -0.25) is 0 Å². The molecule has 4 aromatic rings. The lowest BCUT2D eigenvalue weighted by Crippen LogP contribution is -2.25. The number of alkyl halides is 2. The summed E-state index contributed by atoms with van der Waals surface area (Å²) in [6.45, 7) is 3.75. The zero-order chi connectivity index (χ0) is 31.1. The van der Waals surface area contributed by atoms with Gasteiger partial charge in [0.2, 0.25) is 0 Å². The van der Waals surface area contributed by atoms with E-state index in [0.717, 1.165) is 49.2 Å². The molecule has 4 aromatic carbocycles. The van der Waals surface area contributed by atoms with Crippen LogP contribution in [0.5, 0.6) is 5.75 Å². The second kappa shape index (κ2) is 11.8. The highest BCUT2D eigenvalue weighted by atomic mass is 19.3. The van der Waals surface area contributed by atoms with E-state index in [9.17, 15) is 39.5 Å². The first-order valence-electron chi connectivity index (χ1n) is 13.3. The van der Waals surface area contributed by atoms with Gasteiger partial charge < -0.3 is 4.74 Å². The van der Waals surface area contributed by atoms with Crippen LogP contribution in [0.4, 0.5) is 39.5 Å². The first-order valence-corrected chi connectivity index (χ1v) is 13.3. The summed E-state index contributed by atoms with van der Waals surface area (Å²) in [5.41, 5.74) is -2.30. The van der Waals surface area contributed by atoms with Crippen LogP contribution in [0.2, 0.25) is 0 Å². The van der Waals surface area contributed by atoms with E-state index in [4.69, 9.17) is 0 Å². The largest absolute Gasteiger partial charge is 0.432 e. The van der Waals surface area contributed by atoms with Crippen molar-refractivity contribution in [2.75, 3.05) is 0 Å². The smallest absolute Gasteiger partial charge is 0.429 e. The summed E-state index contributed by atoms with van der Waals surface area (Å²) in [7, 11) is 0. The molecule has 1 aliphatic carbocycles. The van der Waals surface area contributed by atoms with E-state index in [1.807, 2.05) is 6.08 Å². The third-order valence-electron chi connectivity index (χ3n) is 7.69. The highest BCUT2D eigenvalue weighted by Crippen LogP contribution is 2.41. The molecule has 0 saturated heterocycles. The molecule has 0 unspecified atom stereocenters.